The fraction of sp³-hybridized carbons (Fsp3) is 0.0667. The van der Waals surface area contributed by atoms with Gasteiger partial charge in [0.05, 0.1) is 10.6 Å². The number of hydrogen-bond donors (Lipinski definition) is 4. The van der Waals surface area contributed by atoms with Crippen LogP contribution in [-0.2, 0) is 0 Å². The highest BCUT2D eigenvalue weighted by molar-refractivity contribution is 6.30. The number of nitriles is 2. The van der Waals surface area contributed by atoms with Gasteiger partial charge in [-0.05, 0) is 11.6 Å². The fourth-order valence-corrected chi connectivity index (χ4v) is 2.92. The van der Waals surface area contributed by atoms with E-state index in [4.69, 9.17) is 28.3 Å². The maximum absolute atomic E-state index is 11.2. The number of nitrogens with one attached hydrogen (secondary N) is 2. The summed E-state index contributed by atoms with van der Waals surface area (Å²) >= 11 is 6.01. The molecular weight excluding hydrogens is 374 g/mol. The Morgan fingerprint density at radius 1 is 1.33 bits per heavy atom. The molecule has 1 aromatic heterocycles. The number of nitrogens with two attached hydrogens (primary N) is 2. The van der Waals surface area contributed by atoms with Crippen molar-refractivity contribution in [2.24, 2.45) is 4.99 Å². The maximum Gasteiger partial charge on any atom is 0.271 e. The second-order valence-electron chi connectivity index (χ2n) is 5.40. The Morgan fingerprint density at radius 2 is 2.07 bits per heavy atom. The van der Waals surface area contributed by atoms with Gasteiger partial charge in [-0.15, -0.1) is 0 Å². The number of nitro benzene ring substituents is 1. The van der Waals surface area contributed by atoms with Crippen molar-refractivity contribution in [1.29, 1.82) is 10.5 Å². The molecule has 2 aromatic rings. The number of halogens is 1. The van der Waals surface area contributed by atoms with Crippen LogP contribution < -0.4 is 22.1 Å². The number of aromatic nitrogens is 1. The van der Waals surface area contributed by atoms with Gasteiger partial charge in [-0.3, -0.25) is 15.4 Å². The summed E-state index contributed by atoms with van der Waals surface area (Å²) in [7, 11) is 0. The third kappa shape index (κ3) is 3.10. The molecule has 6 N–H and O–H groups in total. The monoisotopic (exact) mass is 383 g/mol. The third-order valence-corrected chi connectivity index (χ3v) is 4.01. The number of aliphatic imine (C=N–C) groups is 1. The van der Waals surface area contributed by atoms with Crippen LogP contribution in [0.4, 0.5) is 23.0 Å². The molecule has 1 aromatic carbocycles. The number of benzene rings is 1. The summed E-state index contributed by atoms with van der Waals surface area (Å²) in [5, 5.41) is 34.5. The molecule has 12 heteroatoms. The van der Waals surface area contributed by atoms with Crippen LogP contribution >= 0.6 is 11.6 Å². The van der Waals surface area contributed by atoms with Gasteiger partial charge in [0, 0.05) is 22.7 Å². The van der Waals surface area contributed by atoms with Gasteiger partial charge in [0.15, 0.2) is 6.19 Å². The van der Waals surface area contributed by atoms with Crippen molar-refractivity contribution >= 4 is 40.6 Å². The second kappa shape index (κ2) is 6.67. The highest BCUT2D eigenvalue weighted by Crippen LogP contribution is 2.41. The third-order valence-electron chi connectivity index (χ3n) is 3.79. The van der Waals surface area contributed by atoms with Crippen molar-refractivity contribution in [2.75, 3.05) is 16.8 Å². The first-order valence-corrected chi connectivity index (χ1v) is 7.67. The topological polar surface area (TPSA) is 192 Å². The van der Waals surface area contributed by atoms with Crippen molar-refractivity contribution in [1.82, 2.24) is 10.3 Å². The minimum atomic E-state index is -0.908. The van der Waals surface area contributed by atoms with E-state index >= 15 is 0 Å². The summed E-state index contributed by atoms with van der Waals surface area (Å²) in [5.74, 6) is 0.105. The number of pyridine rings is 1. The van der Waals surface area contributed by atoms with Crippen LogP contribution in [0.5, 0.6) is 0 Å². The Kier molecular flexibility index (Phi) is 4.38. The minimum Gasteiger partial charge on any atom is -0.397 e. The summed E-state index contributed by atoms with van der Waals surface area (Å²) in [5.41, 5.74) is 12.2. The molecule has 0 bridgehead atoms. The number of non-ortho nitro benzene ring substituents is 1. The van der Waals surface area contributed by atoms with E-state index in [2.05, 4.69) is 20.6 Å². The molecule has 0 radical (unpaired) electrons. The summed E-state index contributed by atoms with van der Waals surface area (Å²) in [6.45, 7) is 0. The predicted molar refractivity (Wildman–Crippen MR) is 97.5 cm³/mol. The molecule has 1 atom stereocenters. The van der Waals surface area contributed by atoms with E-state index < -0.39 is 11.0 Å². The Hall–Kier alpha value is -4.09. The zero-order valence-electron chi connectivity index (χ0n) is 13.4. The quantitative estimate of drug-likeness (QED) is 0.258. The van der Waals surface area contributed by atoms with Gasteiger partial charge in [-0.25, -0.2) is 9.98 Å². The van der Waals surface area contributed by atoms with Crippen LogP contribution in [0.15, 0.2) is 23.2 Å². The molecule has 27 heavy (non-hydrogen) atoms. The van der Waals surface area contributed by atoms with Crippen molar-refractivity contribution in [3.63, 3.8) is 0 Å². The van der Waals surface area contributed by atoms with Crippen LogP contribution in [0.25, 0.3) is 0 Å². The molecule has 0 amide bonds. The lowest BCUT2D eigenvalue weighted by atomic mass is 9.95. The normalized spacial score (nSPS) is 14.8. The average Bonchev–Trinajstić information content (AvgIpc) is 2.61. The van der Waals surface area contributed by atoms with Crippen LogP contribution in [-0.4, -0.2) is 15.9 Å². The van der Waals surface area contributed by atoms with Crippen LogP contribution in [0, 0.1) is 32.9 Å². The molecule has 1 aliphatic heterocycles. The fourth-order valence-electron chi connectivity index (χ4n) is 2.68. The average molecular weight is 384 g/mol. The van der Waals surface area contributed by atoms with Gasteiger partial charge in [0.1, 0.15) is 29.3 Å². The van der Waals surface area contributed by atoms with Crippen molar-refractivity contribution in [3.05, 3.63) is 50.0 Å². The largest absolute Gasteiger partial charge is 0.397 e. The van der Waals surface area contributed by atoms with Crippen LogP contribution in [0.3, 0.4) is 0 Å². The lowest BCUT2D eigenvalue weighted by Crippen LogP contribution is -2.32. The highest BCUT2D eigenvalue weighted by Gasteiger charge is 2.30. The number of nitrogen functional groups attached to an aromatic ring is 2. The Balaban J connectivity index is 2.28. The molecule has 11 nitrogen and oxygen atoms in total. The number of fused-ring (bicyclic) bond motifs is 1. The number of nitro groups is 1. The lowest BCUT2D eigenvalue weighted by molar-refractivity contribution is -0.384. The first-order chi connectivity index (χ1) is 12.8. The summed E-state index contributed by atoms with van der Waals surface area (Å²) in [6.07, 6.45) is 1.71. The molecule has 0 spiro atoms. The summed E-state index contributed by atoms with van der Waals surface area (Å²) in [6, 6.07) is 4.91. The zero-order chi connectivity index (χ0) is 19.7. The number of rotatable bonds is 2. The zero-order valence-corrected chi connectivity index (χ0v) is 14.2. The molecule has 134 valence electrons. The maximum atomic E-state index is 11.2. The molecule has 0 fully saturated rings. The SMILES string of the molecule is N#CNC1=NC(c2cc(Cl)cc([N+](=O)[O-])c2)c2c(nc(N)c(C#N)c2N)N1. The number of nitrogens with zero attached hydrogens (tertiary/aromatic N) is 5. The summed E-state index contributed by atoms with van der Waals surface area (Å²) in [4.78, 5) is 19.0. The van der Waals surface area contributed by atoms with E-state index in [1.165, 1.54) is 18.2 Å². The number of hydrogen-bond acceptors (Lipinski definition) is 10. The molecular formula is C15H10ClN9O2. The Labute approximate surface area is 157 Å². The van der Waals surface area contributed by atoms with Gasteiger partial charge in [-0.2, -0.15) is 10.5 Å². The molecule has 1 aliphatic rings. The van der Waals surface area contributed by atoms with Crippen molar-refractivity contribution in [3.8, 4) is 12.3 Å². The smallest absolute Gasteiger partial charge is 0.271 e. The Morgan fingerprint density at radius 3 is 2.70 bits per heavy atom. The number of anilines is 3. The van der Waals surface area contributed by atoms with Gasteiger partial charge < -0.3 is 16.8 Å². The first-order valence-electron chi connectivity index (χ1n) is 7.29. The Bertz CT molecular complexity index is 1080. The van der Waals surface area contributed by atoms with E-state index in [9.17, 15) is 15.4 Å². The van der Waals surface area contributed by atoms with Gasteiger partial charge in [0.25, 0.3) is 5.69 Å². The van der Waals surface area contributed by atoms with E-state index in [0.717, 1.165) is 0 Å². The minimum absolute atomic E-state index is 0.0277. The number of guanidine groups is 1. The highest BCUT2D eigenvalue weighted by atomic mass is 35.5. The van der Waals surface area contributed by atoms with E-state index in [1.54, 1.807) is 6.19 Å². The standard InChI is InChI=1S/C15H10ClN9O2/c16-7-1-6(2-8(3-7)25(26)27)12-10-11(19)9(4-17)13(20)23-14(10)24-15(22-12)21-5-18/h1-3,12H,(H6,19,20,21,22,23,24). The van der Waals surface area contributed by atoms with E-state index in [0.29, 0.717) is 11.1 Å². The second-order valence-corrected chi connectivity index (χ2v) is 5.84. The first kappa shape index (κ1) is 17.7. The van der Waals surface area contributed by atoms with Gasteiger partial charge >= 0.3 is 0 Å². The molecule has 0 saturated heterocycles. The van der Waals surface area contributed by atoms with E-state index in [-0.39, 0.29) is 39.6 Å². The molecule has 3 rings (SSSR count). The lowest BCUT2D eigenvalue weighted by Gasteiger charge is -2.26. The van der Waals surface area contributed by atoms with Crippen LogP contribution in [0.2, 0.25) is 5.02 Å². The van der Waals surface area contributed by atoms with Crippen molar-refractivity contribution in [2.45, 2.75) is 6.04 Å². The molecule has 2 heterocycles. The van der Waals surface area contributed by atoms with Crippen molar-refractivity contribution < 1.29 is 4.92 Å². The van der Waals surface area contributed by atoms with Crippen LogP contribution in [0.1, 0.15) is 22.7 Å². The molecule has 0 aliphatic carbocycles. The summed E-state index contributed by atoms with van der Waals surface area (Å²) < 4.78 is 0. The predicted octanol–water partition coefficient (Wildman–Crippen LogP) is 1.62. The molecule has 0 saturated carbocycles. The van der Waals surface area contributed by atoms with Gasteiger partial charge in [0.2, 0.25) is 5.96 Å². The van der Waals surface area contributed by atoms with Gasteiger partial charge in [-0.1, -0.05) is 11.6 Å². The molecule has 1 unspecified atom stereocenters. The van der Waals surface area contributed by atoms with E-state index in [1.807, 2.05) is 6.07 Å².